The zero-order chi connectivity index (χ0) is 13.2. The van der Waals surface area contributed by atoms with Crippen molar-refractivity contribution in [3.8, 4) is 5.75 Å². The number of rotatable bonds is 3. The molecule has 3 rings (SSSR count). The molecule has 2 atom stereocenters. The molecule has 0 aliphatic carbocycles. The van der Waals surface area contributed by atoms with Gasteiger partial charge in [0.05, 0.1) is 0 Å². The number of aldehydes is 1. The summed E-state index contributed by atoms with van der Waals surface area (Å²) in [7, 11) is 0. The highest BCUT2D eigenvalue weighted by atomic mass is 35.5. The van der Waals surface area contributed by atoms with Crippen molar-refractivity contribution in [1.29, 1.82) is 0 Å². The molecule has 0 bridgehead atoms. The van der Waals surface area contributed by atoms with Gasteiger partial charge in [0, 0.05) is 30.5 Å². The van der Waals surface area contributed by atoms with Crippen molar-refractivity contribution in [1.82, 2.24) is 4.90 Å². The largest absolute Gasteiger partial charge is 0.488 e. The van der Waals surface area contributed by atoms with Crippen LogP contribution < -0.4 is 4.74 Å². The van der Waals surface area contributed by atoms with Crippen LogP contribution in [0.4, 0.5) is 0 Å². The Morgan fingerprint density at radius 2 is 2.37 bits per heavy atom. The van der Waals surface area contributed by atoms with E-state index in [0.29, 0.717) is 0 Å². The van der Waals surface area contributed by atoms with Gasteiger partial charge in [-0.2, -0.15) is 0 Å². The summed E-state index contributed by atoms with van der Waals surface area (Å²) in [6.07, 6.45) is 4.34. The van der Waals surface area contributed by atoms with E-state index < -0.39 is 0 Å². The number of likely N-dealkylation sites (tertiary alicyclic amines) is 1. The molecule has 2 heterocycles. The van der Waals surface area contributed by atoms with Gasteiger partial charge in [-0.3, -0.25) is 4.90 Å². The van der Waals surface area contributed by atoms with E-state index in [-0.39, 0.29) is 12.0 Å². The number of hydrogen-bond acceptors (Lipinski definition) is 3. The smallest absolute Gasteiger partial charge is 0.124 e. The van der Waals surface area contributed by atoms with E-state index in [1.54, 1.807) is 0 Å². The van der Waals surface area contributed by atoms with Crippen LogP contribution in [0.25, 0.3) is 0 Å². The molecular formula is C15H18ClNO2. The molecule has 0 saturated carbocycles. The van der Waals surface area contributed by atoms with Gasteiger partial charge in [0.2, 0.25) is 0 Å². The van der Waals surface area contributed by atoms with Crippen LogP contribution in [0, 0.1) is 5.92 Å². The number of carbonyl (C=O) groups is 1. The molecule has 1 saturated heterocycles. The lowest BCUT2D eigenvalue weighted by Gasteiger charge is -2.31. The van der Waals surface area contributed by atoms with Crippen LogP contribution in [0.15, 0.2) is 18.2 Å². The lowest BCUT2D eigenvalue weighted by molar-refractivity contribution is -0.112. The number of benzene rings is 1. The van der Waals surface area contributed by atoms with Crippen LogP contribution in [0.2, 0.25) is 5.02 Å². The van der Waals surface area contributed by atoms with Crippen LogP contribution in [0.5, 0.6) is 5.75 Å². The van der Waals surface area contributed by atoms with Gasteiger partial charge < -0.3 is 9.53 Å². The fourth-order valence-corrected chi connectivity index (χ4v) is 3.24. The molecular weight excluding hydrogens is 262 g/mol. The highest BCUT2D eigenvalue weighted by Gasteiger charge is 2.27. The molecule has 0 amide bonds. The van der Waals surface area contributed by atoms with Gasteiger partial charge in [-0.1, -0.05) is 11.6 Å². The monoisotopic (exact) mass is 279 g/mol. The highest BCUT2D eigenvalue weighted by molar-refractivity contribution is 6.30. The number of ether oxygens (including phenoxy) is 1. The Morgan fingerprint density at radius 3 is 3.21 bits per heavy atom. The number of halogens is 1. The lowest BCUT2D eigenvalue weighted by Crippen LogP contribution is -2.41. The lowest BCUT2D eigenvalue weighted by atomic mass is 9.99. The van der Waals surface area contributed by atoms with E-state index in [9.17, 15) is 4.79 Å². The van der Waals surface area contributed by atoms with Crippen LogP contribution in [0.3, 0.4) is 0 Å². The predicted octanol–water partition coefficient (Wildman–Crippen LogP) is 2.55. The minimum Gasteiger partial charge on any atom is -0.488 e. The third-order valence-corrected chi connectivity index (χ3v) is 4.20. The van der Waals surface area contributed by atoms with Gasteiger partial charge in [0.25, 0.3) is 0 Å². The molecule has 0 aromatic heterocycles. The summed E-state index contributed by atoms with van der Waals surface area (Å²) in [6.45, 7) is 2.85. The number of carbonyl (C=O) groups excluding carboxylic acids is 1. The van der Waals surface area contributed by atoms with Crippen molar-refractivity contribution in [2.75, 3.05) is 19.6 Å². The van der Waals surface area contributed by atoms with Gasteiger partial charge >= 0.3 is 0 Å². The Bertz CT molecular complexity index is 477. The average molecular weight is 280 g/mol. The molecule has 1 aromatic rings. The number of nitrogens with zero attached hydrogens (tertiary/aromatic N) is 1. The van der Waals surface area contributed by atoms with Crippen LogP contribution in [-0.4, -0.2) is 36.9 Å². The molecule has 0 spiro atoms. The predicted molar refractivity (Wildman–Crippen MR) is 74.8 cm³/mol. The fraction of sp³-hybridized carbons (Fsp3) is 0.533. The van der Waals surface area contributed by atoms with E-state index >= 15 is 0 Å². The molecule has 2 aliphatic rings. The first kappa shape index (κ1) is 12.9. The minimum atomic E-state index is 0.193. The van der Waals surface area contributed by atoms with Crippen molar-refractivity contribution in [2.24, 2.45) is 5.92 Å². The van der Waals surface area contributed by atoms with Gasteiger partial charge in [0.1, 0.15) is 18.1 Å². The molecule has 2 unspecified atom stereocenters. The standard InChI is InChI=1S/C15H18ClNO2/c16-13-3-4-15-12(6-13)7-14(19-15)9-17-5-1-2-11(8-17)10-18/h3-4,6,10-11,14H,1-2,5,7-9H2. The van der Waals surface area contributed by atoms with Crippen LogP contribution >= 0.6 is 11.6 Å². The SMILES string of the molecule is O=CC1CCCN(CC2Cc3cc(Cl)ccc3O2)C1. The van der Waals surface area contributed by atoms with E-state index in [0.717, 1.165) is 56.0 Å². The Kier molecular flexibility index (Phi) is 3.76. The fourth-order valence-electron chi connectivity index (χ4n) is 3.05. The van der Waals surface area contributed by atoms with E-state index in [1.807, 2.05) is 18.2 Å². The zero-order valence-corrected chi connectivity index (χ0v) is 11.6. The average Bonchev–Trinajstić information content (AvgIpc) is 2.80. The molecule has 2 aliphatic heterocycles. The summed E-state index contributed by atoms with van der Waals surface area (Å²) in [4.78, 5) is 13.2. The second kappa shape index (κ2) is 5.51. The quantitative estimate of drug-likeness (QED) is 0.797. The van der Waals surface area contributed by atoms with E-state index in [4.69, 9.17) is 16.3 Å². The third kappa shape index (κ3) is 2.93. The summed E-state index contributed by atoms with van der Waals surface area (Å²) in [5.41, 5.74) is 1.20. The van der Waals surface area contributed by atoms with Crippen molar-refractivity contribution >= 4 is 17.9 Å². The first-order valence-corrected chi connectivity index (χ1v) is 7.25. The van der Waals surface area contributed by atoms with E-state index in [2.05, 4.69) is 4.90 Å². The summed E-state index contributed by atoms with van der Waals surface area (Å²) in [5.74, 6) is 1.16. The number of fused-ring (bicyclic) bond motifs is 1. The Balaban J connectivity index is 1.59. The summed E-state index contributed by atoms with van der Waals surface area (Å²) in [5, 5.41) is 0.766. The normalized spacial score (nSPS) is 26.8. The van der Waals surface area contributed by atoms with E-state index in [1.165, 1.54) is 5.56 Å². The second-order valence-electron chi connectivity index (χ2n) is 5.49. The van der Waals surface area contributed by atoms with Gasteiger partial charge in [0.15, 0.2) is 0 Å². The molecule has 102 valence electrons. The van der Waals surface area contributed by atoms with Gasteiger partial charge in [-0.25, -0.2) is 0 Å². The maximum atomic E-state index is 10.9. The number of piperidine rings is 1. The van der Waals surface area contributed by atoms with Crippen molar-refractivity contribution in [3.63, 3.8) is 0 Å². The third-order valence-electron chi connectivity index (χ3n) is 3.96. The van der Waals surface area contributed by atoms with Crippen molar-refractivity contribution in [3.05, 3.63) is 28.8 Å². The summed E-state index contributed by atoms with van der Waals surface area (Å²) < 4.78 is 5.94. The van der Waals surface area contributed by atoms with Crippen molar-refractivity contribution < 1.29 is 9.53 Å². The molecule has 1 aromatic carbocycles. The Morgan fingerprint density at radius 1 is 1.47 bits per heavy atom. The minimum absolute atomic E-state index is 0.193. The highest BCUT2D eigenvalue weighted by Crippen LogP contribution is 2.31. The topological polar surface area (TPSA) is 29.5 Å². The number of hydrogen-bond donors (Lipinski definition) is 0. The maximum absolute atomic E-state index is 10.9. The molecule has 3 nitrogen and oxygen atoms in total. The first-order chi connectivity index (χ1) is 9.24. The van der Waals surface area contributed by atoms with Gasteiger partial charge in [-0.05, 0) is 43.1 Å². The van der Waals surface area contributed by atoms with Crippen LogP contribution in [0.1, 0.15) is 18.4 Å². The zero-order valence-electron chi connectivity index (χ0n) is 10.8. The Hall–Kier alpha value is -1.06. The van der Waals surface area contributed by atoms with Crippen LogP contribution in [-0.2, 0) is 11.2 Å². The first-order valence-electron chi connectivity index (χ1n) is 6.87. The molecule has 1 fully saturated rings. The molecule has 0 N–H and O–H groups in total. The molecule has 4 heteroatoms. The maximum Gasteiger partial charge on any atom is 0.124 e. The second-order valence-corrected chi connectivity index (χ2v) is 5.93. The summed E-state index contributed by atoms with van der Waals surface area (Å²) >= 11 is 6.00. The molecule has 19 heavy (non-hydrogen) atoms. The van der Waals surface area contributed by atoms with Gasteiger partial charge in [-0.15, -0.1) is 0 Å². The van der Waals surface area contributed by atoms with Crippen molar-refractivity contribution in [2.45, 2.75) is 25.4 Å². The summed E-state index contributed by atoms with van der Waals surface area (Å²) in [6, 6.07) is 5.80. The Labute approximate surface area is 118 Å². The molecule has 0 radical (unpaired) electrons.